The zero-order chi connectivity index (χ0) is 22.9. The molecule has 5 aromatic rings. The average Bonchev–Trinajstić information content (AvgIpc) is 2.82. The van der Waals surface area contributed by atoms with Crippen LogP contribution in [0.15, 0.2) is 91.2 Å². The van der Waals surface area contributed by atoms with Crippen molar-refractivity contribution in [3.63, 3.8) is 0 Å². The van der Waals surface area contributed by atoms with E-state index in [4.69, 9.17) is 29.9 Å². The van der Waals surface area contributed by atoms with Crippen LogP contribution in [0, 0.1) is 0 Å². The number of halogens is 1. The molecule has 0 bridgehead atoms. The van der Waals surface area contributed by atoms with Crippen molar-refractivity contribution < 1.29 is 18.3 Å². The fourth-order valence-electron chi connectivity index (χ4n) is 3.63. The van der Waals surface area contributed by atoms with Crippen LogP contribution in [0.25, 0.3) is 33.1 Å². The molecule has 2 heterocycles. The molecular formula is C26H17ClO6. The lowest BCUT2D eigenvalue weighted by Crippen LogP contribution is -2.06. The van der Waals surface area contributed by atoms with Gasteiger partial charge in [-0.25, -0.2) is 9.59 Å². The smallest absolute Gasteiger partial charge is 0.344 e. The van der Waals surface area contributed by atoms with Crippen LogP contribution in [0.5, 0.6) is 11.5 Å². The molecule has 0 aliphatic rings. The van der Waals surface area contributed by atoms with E-state index in [-0.39, 0.29) is 5.56 Å². The van der Waals surface area contributed by atoms with E-state index >= 15 is 0 Å². The van der Waals surface area contributed by atoms with Crippen molar-refractivity contribution in [1.29, 1.82) is 0 Å². The Morgan fingerprint density at radius 3 is 2.36 bits per heavy atom. The summed E-state index contributed by atoms with van der Waals surface area (Å²) >= 11 is 6.08. The zero-order valence-electron chi connectivity index (χ0n) is 17.5. The van der Waals surface area contributed by atoms with Crippen molar-refractivity contribution in [3.05, 3.63) is 104 Å². The van der Waals surface area contributed by atoms with Crippen molar-refractivity contribution >= 4 is 33.5 Å². The van der Waals surface area contributed by atoms with Gasteiger partial charge in [0.15, 0.2) is 0 Å². The van der Waals surface area contributed by atoms with Crippen LogP contribution < -0.4 is 20.7 Å². The molecule has 0 radical (unpaired) electrons. The van der Waals surface area contributed by atoms with Gasteiger partial charge in [0.05, 0.1) is 12.7 Å². The molecule has 0 spiro atoms. The van der Waals surface area contributed by atoms with Crippen molar-refractivity contribution in [3.8, 4) is 22.6 Å². The summed E-state index contributed by atoms with van der Waals surface area (Å²) in [5.41, 5.74) is 1.18. The van der Waals surface area contributed by atoms with E-state index in [9.17, 15) is 9.59 Å². The second kappa shape index (κ2) is 8.48. The maximum Gasteiger partial charge on any atom is 0.344 e. The molecule has 0 aliphatic heterocycles. The number of methoxy groups -OCH3 is 1. The SMILES string of the molecule is COc1ccc(COc2ccc3c(-c4cc5cc(Cl)ccc5oc4=O)cc(=O)oc3c2)cc1. The Morgan fingerprint density at radius 1 is 0.788 bits per heavy atom. The highest BCUT2D eigenvalue weighted by Gasteiger charge is 2.14. The van der Waals surface area contributed by atoms with E-state index in [1.807, 2.05) is 24.3 Å². The third-order valence-corrected chi connectivity index (χ3v) is 5.50. The fraction of sp³-hybridized carbons (Fsp3) is 0.0769. The second-order valence-corrected chi connectivity index (χ2v) is 7.84. The summed E-state index contributed by atoms with van der Waals surface area (Å²) in [7, 11) is 1.61. The first-order valence-corrected chi connectivity index (χ1v) is 10.5. The summed E-state index contributed by atoms with van der Waals surface area (Å²) in [4.78, 5) is 25.0. The van der Waals surface area contributed by atoms with Crippen LogP contribution in [0.1, 0.15) is 5.56 Å². The fourth-order valence-corrected chi connectivity index (χ4v) is 3.81. The predicted octanol–water partition coefficient (Wildman–Crippen LogP) is 5.81. The molecule has 164 valence electrons. The lowest BCUT2D eigenvalue weighted by atomic mass is 10.0. The monoisotopic (exact) mass is 460 g/mol. The molecule has 7 heteroatoms. The summed E-state index contributed by atoms with van der Waals surface area (Å²) in [5.74, 6) is 1.29. The van der Waals surface area contributed by atoms with Crippen LogP contribution in [0.2, 0.25) is 5.02 Å². The lowest BCUT2D eigenvalue weighted by Gasteiger charge is -2.10. The minimum absolute atomic E-state index is 0.245. The van der Waals surface area contributed by atoms with Gasteiger partial charge in [0.25, 0.3) is 0 Å². The summed E-state index contributed by atoms with van der Waals surface area (Å²) in [6.07, 6.45) is 0. The Kier molecular flexibility index (Phi) is 5.36. The Labute approximate surface area is 192 Å². The number of rotatable bonds is 5. The molecule has 0 N–H and O–H groups in total. The van der Waals surface area contributed by atoms with Gasteiger partial charge in [-0.05, 0) is 54.1 Å². The number of benzene rings is 3. The Balaban J connectivity index is 1.53. The summed E-state index contributed by atoms with van der Waals surface area (Å²) in [6.45, 7) is 0.328. The molecule has 2 aromatic heterocycles. The minimum atomic E-state index is -0.588. The molecule has 0 atom stereocenters. The standard InChI is InChI=1S/C26H17ClO6/c1-30-18-5-2-15(3-6-18)14-31-19-7-8-20-21(13-25(28)32-24(20)12-19)22-11-16-10-17(27)4-9-23(16)33-26(22)29/h2-13H,14H2,1H3. The summed E-state index contributed by atoms with van der Waals surface area (Å²) < 4.78 is 21.8. The van der Waals surface area contributed by atoms with Crippen LogP contribution >= 0.6 is 11.6 Å². The van der Waals surface area contributed by atoms with E-state index in [0.29, 0.717) is 44.9 Å². The Bertz CT molecular complexity index is 1600. The molecule has 6 nitrogen and oxygen atoms in total. The van der Waals surface area contributed by atoms with Crippen molar-refractivity contribution in [2.24, 2.45) is 0 Å². The van der Waals surface area contributed by atoms with E-state index in [0.717, 1.165) is 11.3 Å². The van der Waals surface area contributed by atoms with Crippen LogP contribution in [-0.4, -0.2) is 7.11 Å². The average molecular weight is 461 g/mol. The van der Waals surface area contributed by atoms with Gasteiger partial charge in [0.2, 0.25) is 0 Å². The number of hydrogen-bond donors (Lipinski definition) is 0. The molecular weight excluding hydrogens is 444 g/mol. The summed E-state index contributed by atoms with van der Waals surface area (Å²) in [5, 5.41) is 1.75. The molecule has 0 fully saturated rings. The first-order chi connectivity index (χ1) is 16.0. The number of hydrogen-bond acceptors (Lipinski definition) is 6. The van der Waals surface area contributed by atoms with E-state index in [1.165, 1.54) is 6.07 Å². The van der Waals surface area contributed by atoms with Crippen LogP contribution in [-0.2, 0) is 6.61 Å². The van der Waals surface area contributed by atoms with Gasteiger partial charge in [-0.1, -0.05) is 23.7 Å². The van der Waals surface area contributed by atoms with Crippen molar-refractivity contribution in [2.45, 2.75) is 6.61 Å². The number of ether oxygens (including phenoxy) is 2. The molecule has 3 aromatic carbocycles. The molecule has 0 amide bonds. The molecule has 0 saturated carbocycles. The topological polar surface area (TPSA) is 78.9 Å². The molecule has 0 unspecified atom stereocenters. The molecule has 0 saturated heterocycles. The maximum absolute atomic E-state index is 12.7. The van der Waals surface area contributed by atoms with Crippen molar-refractivity contribution in [1.82, 2.24) is 0 Å². The lowest BCUT2D eigenvalue weighted by molar-refractivity contribution is 0.306. The highest BCUT2D eigenvalue weighted by molar-refractivity contribution is 6.31. The van der Waals surface area contributed by atoms with Crippen LogP contribution in [0.3, 0.4) is 0 Å². The normalized spacial score (nSPS) is 11.1. The zero-order valence-corrected chi connectivity index (χ0v) is 18.2. The maximum atomic E-state index is 12.7. The second-order valence-electron chi connectivity index (χ2n) is 7.40. The molecule has 0 aliphatic carbocycles. The van der Waals surface area contributed by atoms with Gasteiger partial charge in [-0.15, -0.1) is 0 Å². The van der Waals surface area contributed by atoms with E-state index < -0.39 is 11.3 Å². The predicted molar refractivity (Wildman–Crippen MR) is 126 cm³/mol. The first-order valence-electron chi connectivity index (χ1n) is 10.1. The quantitative estimate of drug-likeness (QED) is 0.308. The van der Waals surface area contributed by atoms with E-state index in [2.05, 4.69) is 0 Å². The highest BCUT2D eigenvalue weighted by atomic mass is 35.5. The Hall–Kier alpha value is -4.03. The van der Waals surface area contributed by atoms with Gasteiger partial charge in [0.1, 0.15) is 29.3 Å². The van der Waals surface area contributed by atoms with Crippen molar-refractivity contribution in [2.75, 3.05) is 7.11 Å². The molecule has 33 heavy (non-hydrogen) atoms. The van der Waals surface area contributed by atoms with Gasteiger partial charge in [-0.2, -0.15) is 0 Å². The third kappa shape index (κ3) is 4.21. The number of fused-ring (bicyclic) bond motifs is 2. The minimum Gasteiger partial charge on any atom is -0.497 e. The van der Waals surface area contributed by atoms with Gasteiger partial charge in [0, 0.05) is 33.5 Å². The summed E-state index contributed by atoms with van der Waals surface area (Å²) in [6, 6.07) is 20.6. The third-order valence-electron chi connectivity index (χ3n) is 5.26. The highest BCUT2D eigenvalue weighted by Crippen LogP contribution is 2.30. The largest absolute Gasteiger partial charge is 0.497 e. The Morgan fingerprint density at radius 2 is 1.58 bits per heavy atom. The van der Waals surface area contributed by atoms with Gasteiger partial charge < -0.3 is 18.3 Å². The van der Waals surface area contributed by atoms with Crippen LogP contribution in [0.4, 0.5) is 0 Å². The molecule has 5 rings (SSSR count). The van der Waals surface area contributed by atoms with Gasteiger partial charge in [-0.3, -0.25) is 0 Å². The van der Waals surface area contributed by atoms with E-state index in [1.54, 1.807) is 49.6 Å². The van der Waals surface area contributed by atoms with Gasteiger partial charge >= 0.3 is 11.3 Å². The first kappa shape index (κ1) is 20.8.